The SMILES string of the molecule is O=CC(C(=O)O)c1cccnc1. The molecule has 0 fully saturated rings. The first-order valence-electron chi connectivity index (χ1n) is 3.33. The predicted octanol–water partition coefficient (Wildman–Crippen LogP) is 0.449. The van der Waals surface area contributed by atoms with Crippen LogP contribution in [0.4, 0.5) is 0 Å². The van der Waals surface area contributed by atoms with Gasteiger partial charge < -0.3 is 9.90 Å². The molecule has 1 aromatic heterocycles. The zero-order valence-electron chi connectivity index (χ0n) is 6.18. The third-order valence-corrected chi connectivity index (χ3v) is 1.45. The Morgan fingerprint density at radius 1 is 1.67 bits per heavy atom. The van der Waals surface area contributed by atoms with Crippen LogP contribution in [0.3, 0.4) is 0 Å². The average Bonchev–Trinajstić information content (AvgIpc) is 2.07. The van der Waals surface area contributed by atoms with E-state index in [-0.39, 0.29) is 0 Å². The van der Waals surface area contributed by atoms with Crippen molar-refractivity contribution in [3.8, 4) is 0 Å². The molecule has 1 unspecified atom stereocenters. The number of carbonyl (C=O) groups is 2. The van der Waals surface area contributed by atoms with Gasteiger partial charge in [0.25, 0.3) is 0 Å². The zero-order chi connectivity index (χ0) is 8.97. The molecule has 1 heterocycles. The topological polar surface area (TPSA) is 67.3 Å². The van der Waals surface area contributed by atoms with Crippen LogP contribution in [0.2, 0.25) is 0 Å². The first-order valence-corrected chi connectivity index (χ1v) is 3.33. The van der Waals surface area contributed by atoms with Crippen molar-refractivity contribution in [3.05, 3.63) is 30.1 Å². The second-order valence-corrected chi connectivity index (χ2v) is 2.24. The molecule has 4 nitrogen and oxygen atoms in total. The molecule has 4 heteroatoms. The minimum atomic E-state index is -1.15. The Morgan fingerprint density at radius 3 is 2.83 bits per heavy atom. The number of carboxylic acid groups (broad SMARTS) is 1. The fourth-order valence-corrected chi connectivity index (χ4v) is 0.839. The lowest BCUT2D eigenvalue weighted by Gasteiger charge is -2.02. The van der Waals surface area contributed by atoms with E-state index >= 15 is 0 Å². The number of carboxylic acids is 1. The molecular weight excluding hydrogens is 158 g/mol. The Morgan fingerprint density at radius 2 is 2.42 bits per heavy atom. The molecule has 0 spiro atoms. The highest BCUT2D eigenvalue weighted by molar-refractivity contribution is 5.92. The molecule has 1 atom stereocenters. The monoisotopic (exact) mass is 165 g/mol. The van der Waals surface area contributed by atoms with Crippen LogP contribution in [0.15, 0.2) is 24.5 Å². The van der Waals surface area contributed by atoms with Gasteiger partial charge in [-0.15, -0.1) is 0 Å². The number of aliphatic carboxylic acids is 1. The molecule has 1 N–H and O–H groups in total. The largest absolute Gasteiger partial charge is 0.480 e. The smallest absolute Gasteiger partial charge is 0.318 e. The lowest BCUT2D eigenvalue weighted by atomic mass is 10.0. The highest BCUT2D eigenvalue weighted by atomic mass is 16.4. The minimum absolute atomic E-state index is 0.388. The number of hydrogen-bond acceptors (Lipinski definition) is 3. The van der Waals surface area contributed by atoms with E-state index < -0.39 is 11.9 Å². The first kappa shape index (κ1) is 8.39. The summed E-state index contributed by atoms with van der Waals surface area (Å²) in [6, 6.07) is 3.15. The maximum Gasteiger partial charge on any atom is 0.318 e. The minimum Gasteiger partial charge on any atom is -0.480 e. The van der Waals surface area contributed by atoms with E-state index in [0.29, 0.717) is 11.8 Å². The van der Waals surface area contributed by atoms with Crippen LogP contribution in [0.5, 0.6) is 0 Å². The maximum absolute atomic E-state index is 10.5. The quantitative estimate of drug-likeness (QED) is 0.521. The third-order valence-electron chi connectivity index (χ3n) is 1.45. The average molecular weight is 165 g/mol. The van der Waals surface area contributed by atoms with E-state index in [1.807, 2.05) is 0 Å². The van der Waals surface area contributed by atoms with Crippen LogP contribution < -0.4 is 0 Å². The number of aromatic nitrogens is 1. The molecule has 1 aromatic rings. The summed E-state index contributed by atoms with van der Waals surface area (Å²) in [7, 11) is 0. The van der Waals surface area contributed by atoms with E-state index in [2.05, 4.69) is 4.98 Å². The van der Waals surface area contributed by atoms with E-state index in [1.165, 1.54) is 12.4 Å². The standard InChI is InChI=1S/C8H7NO3/c10-5-7(8(11)12)6-2-1-3-9-4-6/h1-5,7H,(H,11,12). The summed E-state index contributed by atoms with van der Waals surface area (Å²) >= 11 is 0. The normalized spacial score (nSPS) is 12.0. The van der Waals surface area contributed by atoms with Crippen molar-refractivity contribution in [3.63, 3.8) is 0 Å². The van der Waals surface area contributed by atoms with Gasteiger partial charge in [0.15, 0.2) is 0 Å². The van der Waals surface area contributed by atoms with Crippen molar-refractivity contribution in [2.75, 3.05) is 0 Å². The number of hydrogen-bond donors (Lipinski definition) is 1. The Kier molecular flexibility index (Phi) is 2.53. The molecule has 0 radical (unpaired) electrons. The second kappa shape index (κ2) is 3.61. The molecule has 0 aromatic carbocycles. The fraction of sp³-hybridized carbons (Fsp3) is 0.125. The number of aldehydes is 1. The van der Waals surface area contributed by atoms with Gasteiger partial charge in [-0.05, 0) is 11.6 Å². The zero-order valence-corrected chi connectivity index (χ0v) is 6.18. The molecule has 0 amide bonds. The highest BCUT2D eigenvalue weighted by Crippen LogP contribution is 2.10. The first-order chi connectivity index (χ1) is 5.75. The van der Waals surface area contributed by atoms with E-state index in [0.717, 1.165) is 0 Å². The molecule has 12 heavy (non-hydrogen) atoms. The van der Waals surface area contributed by atoms with Crippen molar-refractivity contribution < 1.29 is 14.7 Å². The maximum atomic E-state index is 10.5. The second-order valence-electron chi connectivity index (χ2n) is 2.24. The number of pyridine rings is 1. The van der Waals surface area contributed by atoms with Crippen LogP contribution in [0.25, 0.3) is 0 Å². The Hall–Kier alpha value is -1.71. The van der Waals surface area contributed by atoms with Gasteiger partial charge in [-0.25, -0.2) is 0 Å². The van der Waals surface area contributed by atoms with Gasteiger partial charge >= 0.3 is 5.97 Å². The van der Waals surface area contributed by atoms with E-state index in [4.69, 9.17) is 5.11 Å². The summed E-state index contributed by atoms with van der Waals surface area (Å²) in [6.07, 6.45) is 3.28. The van der Waals surface area contributed by atoms with Crippen LogP contribution in [-0.2, 0) is 9.59 Å². The predicted molar refractivity (Wildman–Crippen MR) is 40.7 cm³/mol. The molecule has 0 saturated carbocycles. The summed E-state index contributed by atoms with van der Waals surface area (Å²) in [6.45, 7) is 0. The van der Waals surface area contributed by atoms with Gasteiger partial charge in [0.2, 0.25) is 0 Å². The van der Waals surface area contributed by atoms with Crippen molar-refractivity contribution in [2.24, 2.45) is 0 Å². The van der Waals surface area contributed by atoms with Crippen molar-refractivity contribution in [1.82, 2.24) is 4.98 Å². The summed E-state index contributed by atoms with van der Waals surface area (Å²) < 4.78 is 0. The third kappa shape index (κ3) is 1.66. The number of carbonyl (C=O) groups excluding carboxylic acids is 1. The molecule has 0 aliphatic heterocycles. The summed E-state index contributed by atoms with van der Waals surface area (Å²) in [5, 5.41) is 8.57. The molecule has 1 rings (SSSR count). The number of rotatable bonds is 3. The summed E-state index contributed by atoms with van der Waals surface area (Å²) in [4.78, 5) is 24.5. The molecule has 0 saturated heterocycles. The van der Waals surface area contributed by atoms with Crippen LogP contribution >= 0.6 is 0 Å². The fourth-order valence-electron chi connectivity index (χ4n) is 0.839. The molecule has 0 aliphatic rings. The summed E-state index contributed by atoms with van der Waals surface area (Å²) in [5.74, 6) is -2.25. The number of nitrogens with zero attached hydrogens (tertiary/aromatic N) is 1. The van der Waals surface area contributed by atoms with Gasteiger partial charge in [-0.3, -0.25) is 9.78 Å². The molecule has 0 bridgehead atoms. The van der Waals surface area contributed by atoms with Gasteiger partial charge in [0.1, 0.15) is 12.2 Å². The highest BCUT2D eigenvalue weighted by Gasteiger charge is 2.18. The molecule has 62 valence electrons. The van der Waals surface area contributed by atoms with Gasteiger partial charge in [0.05, 0.1) is 0 Å². The lowest BCUT2D eigenvalue weighted by Crippen LogP contribution is -2.12. The van der Waals surface area contributed by atoms with Crippen LogP contribution in [0, 0.1) is 0 Å². The van der Waals surface area contributed by atoms with Gasteiger partial charge in [-0.2, -0.15) is 0 Å². The van der Waals surface area contributed by atoms with Crippen LogP contribution in [-0.4, -0.2) is 22.3 Å². The van der Waals surface area contributed by atoms with Crippen molar-refractivity contribution >= 4 is 12.3 Å². The van der Waals surface area contributed by atoms with Crippen LogP contribution in [0.1, 0.15) is 11.5 Å². The van der Waals surface area contributed by atoms with Gasteiger partial charge in [0, 0.05) is 12.4 Å². The molecular formula is C8H7NO3. The van der Waals surface area contributed by atoms with Crippen molar-refractivity contribution in [1.29, 1.82) is 0 Å². The van der Waals surface area contributed by atoms with Crippen molar-refractivity contribution in [2.45, 2.75) is 5.92 Å². The summed E-state index contributed by atoms with van der Waals surface area (Å²) in [5.41, 5.74) is 0.403. The molecule has 0 aliphatic carbocycles. The van der Waals surface area contributed by atoms with E-state index in [9.17, 15) is 9.59 Å². The Balaban J connectivity index is 2.95. The lowest BCUT2D eigenvalue weighted by molar-refractivity contribution is -0.140. The Bertz CT molecular complexity index is 284. The van der Waals surface area contributed by atoms with E-state index in [1.54, 1.807) is 12.1 Å². The van der Waals surface area contributed by atoms with Gasteiger partial charge in [-0.1, -0.05) is 6.07 Å². The Labute approximate surface area is 68.9 Å².